The Morgan fingerprint density at radius 1 is 1.20 bits per heavy atom. The van der Waals surface area contributed by atoms with Gasteiger partial charge in [0.2, 0.25) is 5.91 Å². The third kappa shape index (κ3) is 7.89. The van der Waals surface area contributed by atoms with Crippen LogP contribution in [0.1, 0.15) is 37.8 Å². The highest BCUT2D eigenvalue weighted by Gasteiger charge is 2.25. The normalized spacial score (nSPS) is 19.7. The van der Waals surface area contributed by atoms with E-state index in [0.717, 1.165) is 45.1 Å². The lowest BCUT2D eigenvalue weighted by Crippen LogP contribution is -2.44. The number of morpholine rings is 1. The Balaban J connectivity index is 0.00000225. The fourth-order valence-corrected chi connectivity index (χ4v) is 4.33. The Hall–Kier alpha value is -1.05. The van der Waals surface area contributed by atoms with Crippen LogP contribution in [0, 0.1) is 11.8 Å². The molecule has 172 valence electrons. The van der Waals surface area contributed by atoms with Crippen molar-refractivity contribution >= 4 is 30.7 Å². The van der Waals surface area contributed by atoms with Crippen molar-refractivity contribution in [1.29, 1.82) is 0 Å². The number of rotatable bonds is 8. The Morgan fingerprint density at radius 3 is 2.43 bits per heavy atom. The molecule has 1 aromatic carbocycles. The van der Waals surface area contributed by atoms with Crippen molar-refractivity contribution in [2.24, 2.45) is 11.8 Å². The molecule has 1 amide bonds. The SMILES string of the molecule is COc1ccc(C(CNC(=O)CC(C)C2CCNCC2)N2CCOCC2)cc1.Cl.Cl. The molecule has 0 saturated carbocycles. The fourth-order valence-electron chi connectivity index (χ4n) is 4.33. The van der Waals surface area contributed by atoms with Crippen LogP contribution >= 0.6 is 24.8 Å². The molecule has 3 rings (SSSR count). The zero-order chi connectivity index (χ0) is 19.8. The number of nitrogens with zero attached hydrogens (tertiary/aromatic N) is 1. The van der Waals surface area contributed by atoms with Gasteiger partial charge in [-0.25, -0.2) is 0 Å². The number of carbonyl (C=O) groups excluding carboxylic acids is 1. The van der Waals surface area contributed by atoms with Crippen LogP contribution in [0.25, 0.3) is 0 Å². The zero-order valence-electron chi connectivity index (χ0n) is 18.1. The highest BCUT2D eigenvalue weighted by Crippen LogP contribution is 2.26. The largest absolute Gasteiger partial charge is 0.497 e. The maximum Gasteiger partial charge on any atom is 0.220 e. The van der Waals surface area contributed by atoms with Crippen molar-refractivity contribution < 1.29 is 14.3 Å². The Labute approximate surface area is 193 Å². The van der Waals surface area contributed by atoms with Crippen molar-refractivity contribution in [3.63, 3.8) is 0 Å². The molecule has 8 heteroatoms. The van der Waals surface area contributed by atoms with Gasteiger partial charge in [-0.15, -0.1) is 24.8 Å². The van der Waals surface area contributed by atoms with Gasteiger partial charge in [-0.3, -0.25) is 9.69 Å². The molecule has 2 saturated heterocycles. The highest BCUT2D eigenvalue weighted by atomic mass is 35.5. The van der Waals surface area contributed by atoms with Gasteiger partial charge in [-0.1, -0.05) is 19.1 Å². The molecular formula is C22H37Cl2N3O3. The van der Waals surface area contributed by atoms with Crippen molar-refractivity contribution in [2.45, 2.75) is 32.2 Å². The second-order valence-corrected chi connectivity index (χ2v) is 8.01. The average Bonchev–Trinajstić information content (AvgIpc) is 2.75. The first kappa shape index (κ1) is 27.0. The lowest BCUT2D eigenvalue weighted by molar-refractivity contribution is -0.122. The summed E-state index contributed by atoms with van der Waals surface area (Å²) < 4.78 is 10.8. The van der Waals surface area contributed by atoms with Crippen LogP contribution in [0.5, 0.6) is 5.75 Å². The minimum atomic E-state index is 0. The molecule has 1 aromatic rings. The molecule has 0 aliphatic carbocycles. The molecule has 2 fully saturated rings. The molecule has 2 N–H and O–H groups in total. The van der Waals surface area contributed by atoms with Crippen molar-refractivity contribution in [3.8, 4) is 5.75 Å². The topological polar surface area (TPSA) is 62.8 Å². The van der Waals surface area contributed by atoms with E-state index >= 15 is 0 Å². The third-order valence-corrected chi connectivity index (χ3v) is 6.18. The summed E-state index contributed by atoms with van der Waals surface area (Å²) in [5, 5.41) is 6.61. The van der Waals surface area contributed by atoms with Crippen LogP contribution < -0.4 is 15.4 Å². The number of halogens is 2. The standard InChI is InChI=1S/C22H35N3O3.2ClH/c1-17(18-7-9-23-10-8-18)15-22(26)24-16-21(25-11-13-28-14-12-25)19-3-5-20(27-2)6-4-19;;/h3-6,17-18,21,23H,7-16H2,1-2H3,(H,24,26);2*1H. The first-order valence-corrected chi connectivity index (χ1v) is 10.6. The number of carbonyl (C=O) groups is 1. The van der Waals surface area contributed by atoms with Crippen LogP contribution in [0.3, 0.4) is 0 Å². The van der Waals surface area contributed by atoms with E-state index in [2.05, 4.69) is 34.6 Å². The van der Waals surface area contributed by atoms with E-state index in [1.54, 1.807) is 7.11 Å². The lowest BCUT2D eigenvalue weighted by Gasteiger charge is -2.35. The van der Waals surface area contributed by atoms with E-state index in [0.29, 0.717) is 24.8 Å². The van der Waals surface area contributed by atoms with Crippen LogP contribution in [-0.4, -0.2) is 63.9 Å². The van der Waals surface area contributed by atoms with Crippen LogP contribution in [0.15, 0.2) is 24.3 Å². The smallest absolute Gasteiger partial charge is 0.220 e. The monoisotopic (exact) mass is 461 g/mol. The highest BCUT2D eigenvalue weighted by molar-refractivity contribution is 5.85. The number of amides is 1. The van der Waals surface area contributed by atoms with E-state index in [1.165, 1.54) is 18.4 Å². The molecule has 0 radical (unpaired) electrons. The van der Waals surface area contributed by atoms with E-state index in [9.17, 15) is 4.79 Å². The summed E-state index contributed by atoms with van der Waals surface area (Å²) in [6.45, 7) is 8.26. The zero-order valence-corrected chi connectivity index (χ0v) is 19.7. The number of methoxy groups -OCH3 is 1. The van der Waals surface area contributed by atoms with Gasteiger partial charge >= 0.3 is 0 Å². The van der Waals surface area contributed by atoms with Gasteiger partial charge in [0.1, 0.15) is 5.75 Å². The molecule has 2 atom stereocenters. The minimum absolute atomic E-state index is 0. The Morgan fingerprint density at radius 2 is 1.83 bits per heavy atom. The number of benzene rings is 1. The van der Waals surface area contributed by atoms with Gasteiger partial charge in [-0.05, 0) is 55.5 Å². The molecule has 2 aliphatic heterocycles. The van der Waals surface area contributed by atoms with Crippen LogP contribution in [0.4, 0.5) is 0 Å². The van der Waals surface area contributed by atoms with Crippen molar-refractivity contribution in [1.82, 2.24) is 15.5 Å². The molecule has 2 heterocycles. The van der Waals surface area contributed by atoms with Gasteiger partial charge in [0, 0.05) is 26.1 Å². The molecule has 2 aliphatic rings. The van der Waals surface area contributed by atoms with E-state index in [1.807, 2.05) is 12.1 Å². The first-order chi connectivity index (χ1) is 13.7. The van der Waals surface area contributed by atoms with Crippen molar-refractivity contribution in [2.75, 3.05) is 53.0 Å². The fraction of sp³-hybridized carbons (Fsp3) is 0.682. The number of hydrogen-bond acceptors (Lipinski definition) is 5. The summed E-state index contributed by atoms with van der Waals surface area (Å²) in [5.41, 5.74) is 1.20. The quantitative estimate of drug-likeness (QED) is 0.622. The maximum atomic E-state index is 12.6. The van der Waals surface area contributed by atoms with Gasteiger partial charge in [0.25, 0.3) is 0 Å². The maximum absolute atomic E-state index is 12.6. The third-order valence-electron chi connectivity index (χ3n) is 6.18. The lowest BCUT2D eigenvalue weighted by atomic mass is 9.84. The average molecular weight is 462 g/mol. The second-order valence-electron chi connectivity index (χ2n) is 8.01. The molecule has 0 aromatic heterocycles. The van der Waals surface area contributed by atoms with Crippen LogP contribution in [-0.2, 0) is 9.53 Å². The number of hydrogen-bond donors (Lipinski definition) is 2. The summed E-state index contributed by atoms with van der Waals surface area (Å²) in [5.74, 6) is 2.11. The van der Waals surface area contributed by atoms with Crippen molar-refractivity contribution in [3.05, 3.63) is 29.8 Å². The van der Waals surface area contributed by atoms with Crippen LogP contribution in [0.2, 0.25) is 0 Å². The Bertz CT molecular complexity index is 606. The summed E-state index contributed by atoms with van der Waals surface area (Å²) >= 11 is 0. The molecule has 0 spiro atoms. The predicted molar refractivity (Wildman–Crippen MR) is 125 cm³/mol. The number of nitrogens with one attached hydrogen (secondary N) is 2. The summed E-state index contributed by atoms with van der Waals surface area (Å²) in [6, 6.07) is 8.34. The Kier molecular flexibility index (Phi) is 12.7. The first-order valence-electron chi connectivity index (χ1n) is 10.6. The van der Waals surface area contributed by atoms with Gasteiger partial charge in [-0.2, -0.15) is 0 Å². The number of ether oxygens (including phenoxy) is 2. The minimum Gasteiger partial charge on any atom is -0.497 e. The van der Waals surface area contributed by atoms with Gasteiger partial charge in [0.05, 0.1) is 26.4 Å². The summed E-state index contributed by atoms with van der Waals surface area (Å²) in [6.07, 6.45) is 2.97. The number of piperidine rings is 1. The predicted octanol–water partition coefficient (Wildman–Crippen LogP) is 3.05. The van der Waals surface area contributed by atoms with Gasteiger partial charge < -0.3 is 20.1 Å². The molecule has 2 unspecified atom stereocenters. The van der Waals surface area contributed by atoms with Gasteiger partial charge in [0.15, 0.2) is 0 Å². The second kappa shape index (κ2) is 14.1. The van der Waals surface area contributed by atoms with E-state index < -0.39 is 0 Å². The molecular weight excluding hydrogens is 425 g/mol. The molecule has 6 nitrogen and oxygen atoms in total. The summed E-state index contributed by atoms with van der Waals surface area (Å²) in [7, 11) is 1.68. The van der Waals surface area contributed by atoms with E-state index in [-0.39, 0.29) is 36.8 Å². The molecule has 0 bridgehead atoms. The summed E-state index contributed by atoms with van der Waals surface area (Å²) in [4.78, 5) is 15.0. The molecule has 30 heavy (non-hydrogen) atoms. The van der Waals surface area contributed by atoms with E-state index in [4.69, 9.17) is 9.47 Å².